The fourth-order valence-electron chi connectivity index (χ4n) is 2.31. The van der Waals surface area contributed by atoms with Crippen molar-refractivity contribution in [2.24, 2.45) is 5.92 Å². The Labute approximate surface area is 118 Å². The van der Waals surface area contributed by atoms with Crippen molar-refractivity contribution in [3.05, 3.63) is 0 Å². The molecule has 114 valence electrons. The van der Waals surface area contributed by atoms with E-state index in [1.54, 1.807) is 7.05 Å². The smallest absolute Gasteiger partial charge is 0.317 e. The third kappa shape index (κ3) is 5.07. The molecule has 0 spiro atoms. The third-order valence-electron chi connectivity index (χ3n) is 3.51. The van der Waals surface area contributed by atoms with Crippen LogP contribution in [0, 0.1) is 5.92 Å². The van der Waals surface area contributed by atoms with Crippen molar-refractivity contribution >= 4 is 17.9 Å². The molecule has 1 fully saturated rings. The van der Waals surface area contributed by atoms with E-state index in [1.807, 2.05) is 6.92 Å². The molecule has 1 saturated carbocycles. The molecule has 20 heavy (non-hydrogen) atoms. The number of hydrogen-bond donors (Lipinski definition) is 3. The molecule has 0 bridgehead atoms. The Balaban J connectivity index is 2.32. The van der Waals surface area contributed by atoms with E-state index >= 15 is 0 Å². The van der Waals surface area contributed by atoms with Gasteiger partial charge in [0.25, 0.3) is 0 Å². The minimum absolute atomic E-state index is 0.00483. The molecule has 1 aliphatic carbocycles. The number of hydrogen-bond acceptors (Lipinski definition) is 3. The van der Waals surface area contributed by atoms with Crippen molar-refractivity contribution < 1.29 is 19.5 Å². The van der Waals surface area contributed by atoms with Crippen LogP contribution in [-0.2, 0) is 9.59 Å². The van der Waals surface area contributed by atoms with Gasteiger partial charge in [-0.25, -0.2) is 4.79 Å². The highest BCUT2D eigenvalue weighted by molar-refractivity contribution is 5.83. The molecular weight excluding hydrogens is 262 g/mol. The lowest BCUT2D eigenvalue weighted by atomic mass is 9.86. The highest BCUT2D eigenvalue weighted by Crippen LogP contribution is 2.24. The fraction of sp³-hybridized carbons (Fsp3) is 0.769. The number of carbonyl (C=O) groups excluding carboxylic acids is 2. The molecule has 0 aromatic rings. The topological polar surface area (TPSA) is 98.7 Å². The van der Waals surface area contributed by atoms with Crippen LogP contribution in [0.1, 0.15) is 32.6 Å². The summed E-state index contributed by atoms with van der Waals surface area (Å²) < 4.78 is 0. The van der Waals surface area contributed by atoms with Crippen molar-refractivity contribution in [3.8, 4) is 0 Å². The van der Waals surface area contributed by atoms with Gasteiger partial charge < -0.3 is 20.6 Å². The highest BCUT2D eigenvalue weighted by Gasteiger charge is 2.27. The lowest BCUT2D eigenvalue weighted by molar-refractivity contribution is -0.142. The Morgan fingerprint density at radius 3 is 2.30 bits per heavy atom. The lowest BCUT2D eigenvalue weighted by Gasteiger charge is -2.28. The molecular formula is C13H23N3O4. The van der Waals surface area contributed by atoms with Gasteiger partial charge >= 0.3 is 12.0 Å². The Kier molecular flexibility index (Phi) is 6.27. The first-order valence-electron chi connectivity index (χ1n) is 6.95. The van der Waals surface area contributed by atoms with Crippen LogP contribution in [0.3, 0.4) is 0 Å². The molecule has 0 atom stereocenters. The largest absolute Gasteiger partial charge is 0.481 e. The first-order chi connectivity index (χ1) is 9.43. The van der Waals surface area contributed by atoms with Crippen LogP contribution >= 0.6 is 0 Å². The number of carboxylic acids is 1. The zero-order chi connectivity index (χ0) is 15.1. The number of aliphatic carboxylic acids is 1. The summed E-state index contributed by atoms with van der Waals surface area (Å²) in [5.41, 5.74) is 0. The number of nitrogens with one attached hydrogen (secondary N) is 2. The Morgan fingerprint density at radius 1 is 1.20 bits per heavy atom. The summed E-state index contributed by atoms with van der Waals surface area (Å²) in [6.07, 6.45) is 2.50. The summed E-state index contributed by atoms with van der Waals surface area (Å²) in [6.45, 7) is 2.37. The predicted octanol–water partition coefficient (Wildman–Crippen LogP) is 0.407. The average Bonchev–Trinajstić information content (AvgIpc) is 2.39. The highest BCUT2D eigenvalue weighted by atomic mass is 16.4. The number of carboxylic acid groups (broad SMARTS) is 1. The van der Waals surface area contributed by atoms with E-state index in [4.69, 9.17) is 5.11 Å². The van der Waals surface area contributed by atoms with E-state index in [0.717, 1.165) is 0 Å². The van der Waals surface area contributed by atoms with Crippen LogP contribution in [-0.4, -0.2) is 54.1 Å². The molecule has 7 heteroatoms. The molecule has 0 aromatic heterocycles. The third-order valence-corrected chi connectivity index (χ3v) is 3.51. The number of nitrogens with zero attached hydrogens (tertiary/aromatic N) is 1. The van der Waals surface area contributed by atoms with Gasteiger partial charge in [-0.05, 0) is 32.6 Å². The van der Waals surface area contributed by atoms with Crippen LogP contribution in [0.2, 0.25) is 0 Å². The second kappa shape index (κ2) is 7.72. The second-order valence-corrected chi connectivity index (χ2v) is 5.15. The normalized spacial score (nSPS) is 21.9. The van der Waals surface area contributed by atoms with E-state index in [1.165, 1.54) is 4.90 Å². The van der Waals surface area contributed by atoms with Gasteiger partial charge in [0.05, 0.1) is 5.92 Å². The fourth-order valence-corrected chi connectivity index (χ4v) is 2.31. The summed E-state index contributed by atoms with van der Waals surface area (Å²) >= 11 is 0. The van der Waals surface area contributed by atoms with E-state index in [9.17, 15) is 14.4 Å². The minimum Gasteiger partial charge on any atom is -0.481 e. The summed E-state index contributed by atoms with van der Waals surface area (Å²) in [5.74, 6) is -1.25. The maximum atomic E-state index is 11.9. The molecule has 1 aliphatic rings. The molecule has 1 rings (SSSR count). The SMILES string of the molecule is CCNC(=O)CN(C)C(=O)NC1CCC(C(=O)O)CC1. The zero-order valence-electron chi connectivity index (χ0n) is 12.0. The summed E-state index contributed by atoms with van der Waals surface area (Å²) in [6, 6.07) is -0.301. The monoisotopic (exact) mass is 285 g/mol. The van der Waals surface area contributed by atoms with Gasteiger partial charge in [-0.3, -0.25) is 9.59 Å². The molecule has 3 amide bonds. The van der Waals surface area contributed by atoms with Crippen molar-refractivity contribution in [2.75, 3.05) is 20.1 Å². The van der Waals surface area contributed by atoms with Crippen LogP contribution in [0.15, 0.2) is 0 Å². The van der Waals surface area contributed by atoms with Crippen molar-refractivity contribution in [2.45, 2.75) is 38.6 Å². The molecule has 0 radical (unpaired) electrons. The lowest BCUT2D eigenvalue weighted by Crippen LogP contribution is -2.47. The van der Waals surface area contributed by atoms with E-state index < -0.39 is 5.97 Å². The Bertz CT molecular complexity index is 365. The van der Waals surface area contributed by atoms with Crippen LogP contribution in [0.4, 0.5) is 4.79 Å². The van der Waals surface area contributed by atoms with Crippen LogP contribution in [0.5, 0.6) is 0 Å². The molecule has 3 N–H and O–H groups in total. The first-order valence-corrected chi connectivity index (χ1v) is 6.95. The average molecular weight is 285 g/mol. The molecule has 0 aromatic carbocycles. The number of carbonyl (C=O) groups is 3. The maximum absolute atomic E-state index is 11.9. The van der Waals surface area contributed by atoms with Gasteiger partial charge in [0, 0.05) is 19.6 Å². The minimum atomic E-state index is -0.761. The number of likely N-dealkylation sites (N-methyl/N-ethyl adjacent to an activating group) is 2. The zero-order valence-corrected chi connectivity index (χ0v) is 12.0. The van der Waals surface area contributed by atoms with Gasteiger partial charge in [0.2, 0.25) is 5.91 Å². The first kappa shape index (κ1) is 16.3. The molecule has 7 nitrogen and oxygen atoms in total. The van der Waals surface area contributed by atoms with Crippen LogP contribution in [0.25, 0.3) is 0 Å². The molecule has 0 heterocycles. The van der Waals surface area contributed by atoms with Gasteiger partial charge in [-0.1, -0.05) is 0 Å². The second-order valence-electron chi connectivity index (χ2n) is 5.15. The summed E-state index contributed by atoms with van der Waals surface area (Å²) in [5, 5.41) is 14.4. The number of amides is 3. The van der Waals surface area contributed by atoms with Gasteiger partial charge in [0.1, 0.15) is 6.54 Å². The van der Waals surface area contributed by atoms with Crippen molar-refractivity contribution in [3.63, 3.8) is 0 Å². The Hall–Kier alpha value is -1.79. The van der Waals surface area contributed by atoms with Crippen molar-refractivity contribution in [1.82, 2.24) is 15.5 Å². The maximum Gasteiger partial charge on any atom is 0.317 e. The number of urea groups is 1. The molecule has 0 aliphatic heterocycles. The predicted molar refractivity (Wildman–Crippen MR) is 73.2 cm³/mol. The molecule has 0 saturated heterocycles. The van der Waals surface area contributed by atoms with E-state index in [2.05, 4.69) is 10.6 Å². The van der Waals surface area contributed by atoms with Crippen molar-refractivity contribution in [1.29, 1.82) is 0 Å². The summed E-state index contributed by atoms with van der Waals surface area (Å²) in [4.78, 5) is 35.4. The van der Waals surface area contributed by atoms with Gasteiger partial charge in [-0.2, -0.15) is 0 Å². The van der Waals surface area contributed by atoms with Gasteiger partial charge in [0.15, 0.2) is 0 Å². The summed E-state index contributed by atoms with van der Waals surface area (Å²) in [7, 11) is 1.56. The Morgan fingerprint density at radius 2 is 1.80 bits per heavy atom. The van der Waals surface area contributed by atoms with Gasteiger partial charge in [-0.15, -0.1) is 0 Å². The number of rotatable bonds is 5. The van der Waals surface area contributed by atoms with E-state index in [-0.39, 0.29) is 30.4 Å². The molecule has 0 unspecified atom stereocenters. The van der Waals surface area contributed by atoms with E-state index in [0.29, 0.717) is 32.2 Å². The quantitative estimate of drug-likeness (QED) is 0.681. The van der Waals surface area contributed by atoms with Crippen LogP contribution < -0.4 is 10.6 Å². The standard InChI is InChI=1S/C13H23N3O4/c1-3-14-11(17)8-16(2)13(20)15-10-6-4-9(5-7-10)12(18)19/h9-10H,3-8H2,1-2H3,(H,14,17)(H,15,20)(H,18,19).